The molecule has 0 saturated carbocycles. The van der Waals surface area contributed by atoms with E-state index in [-0.39, 0.29) is 24.6 Å². The smallest absolute Gasteiger partial charge is 0.306 e. The van der Waals surface area contributed by atoms with E-state index in [0.29, 0.717) is 11.5 Å². The van der Waals surface area contributed by atoms with Crippen LogP contribution in [-0.2, 0) is 9.53 Å². The number of hydrogen-bond donors (Lipinski definition) is 1. The van der Waals surface area contributed by atoms with E-state index in [1.165, 1.54) is 0 Å². The average Bonchev–Trinajstić information content (AvgIpc) is 2.54. The minimum atomic E-state index is -0.472. The molecular weight excluding hydrogens is 358 g/mol. The molecule has 0 radical (unpaired) electrons. The molecule has 0 atom stereocenters. The molecule has 2 rings (SSSR count). The van der Waals surface area contributed by atoms with Crippen LogP contribution in [0.1, 0.15) is 49.9 Å². The van der Waals surface area contributed by atoms with E-state index in [9.17, 15) is 9.59 Å². The van der Waals surface area contributed by atoms with Crippen molar-refractivity contribution in [2.75, 3.05) is 13.1 Å². The minimum Gasteiger partial charge on any atom is -0.459 e. The molecule has 1 fully saturated rings. The Balaban J connectivity index is 1.82. The van der Waals surface area contributed by atoms with Crippen molar-refractivity contribution in [2.45, 2.75) is 45.1 Å². The van der Waals surface area contributed by atoms with Gasteiger partial charge in [0.05, 0.1) is 6.42 Å². The molecule has 1 N–H and O–H groups in total. The quantitative estimate of drug-likeness (QED) is 0.602. The van der Waals surface area contributed by atoms with Crippen molar-refractivity contribution in [3.8, 4) is 0 Å². The van der Waals surface area contributed by atoms with Crippen molar-refractivity contribution in [1.29, 1.82) is 0 Å². The molecule has 0 spiro atoms. The maximum atomic E-state index is 12.1. The normalized spacial score (nSPS) is 16.1. The fraction of sp³-hybridized carbons (Fsp3) is 0.556. The van der Waals surface area contributed by atoms with Gasteiger partial charge in [-0.15, -0.1) is 0 Å². The third-order valence-electron chi connectivity index (χ3n) is 4.42. The number of halogens is 1. The number of carbonyl (C=O) groups excluding carboxylic acids is 2. The highest BCUT2D eigenvalue weighted by Gasteiger charge is 2.34. The highest BCUT2D eigenvalue weighted by atomic mass is 79.9. The van der Waals surface area contributed by atoms with E-state index in [1.807, 2.05) is 26.0 Å². The van der Waals surface area contributed by atoms with Crippen molar-refractivity contribution < 1.29 is 14.3 Å². The lowest BCUT2D eigenvalue weighted by molar-refractivity contribution is -0.162. The van der Waals surface area contributed by atoms with Gasteiger partial charge in [0, 0.05) is 22.4 Å². The summed E-state index contributed by atoms with van der Waals surface area (Å²) < 4.78 is 6.58. The Labute approximate surface area is 146 Å². The molecule has 0 bridgehead atoms. The molecule has 0 aliphatic carbocycles. The number of ketones is 1. The van der Waals surface area contributed by atoms with Crippen molar-refractivity contribution in [3.05, 3.63) is 34.3 Å². The molecule has 1 aromatic carbocycles. The molecular formula is C18H24BrNO3. The van der Waals surface area contributed by atoms with Crippen LogP contribution in [0.25, 0.3) is 0 Å². The maximum Gasteiger partial charge on any atom is 0.306 e. The molecule has 1 aliphatic rings. The summed E-state index contributed by atoms with van der Waals surface area (Å²) in [5.41, 5.74) is 0.151. The van der Waals surface area contributed by atoms with Crippen LogP contribution in [0.2, 0.25) is 0 Å². The van der Waals surface area contributed by atoms with Crippen molar-refractivity contribution in [2.24, 2.45) is 5.92 Å². The van der Waals surface area contributed by atoms with Gasteiger partial charge in [-0.2, -0.15) is 0 Å². The monoisotopic (exact) mass is 381 g/mol. The number of hydrogen-bond acceptors (Lipinski definition) is 4. The topological polar surface area (TPSA) is 55.4 Å². The van der Waals surface area contributed by atoms with Crippen molar-refractivity contribution in [3.63, 3.8) is 0 Å². The fourth-order valence-corrected chi connectivity index (χ4v) is 3.20. The summed E-state index contributed by atoms with van der Waals surface area (Å²) in [5, 5.41) is 3.31. The van der Waals surface area contributed by atoms with Crippen LogP contribution in [0.3, 0.4) is 0 Å². The van der Waals surface area contributed by atoms with Crippen LogP contribution >= 0.6 is 15.9 Å². The first-order valence-electron chi connectivity index (χ1n) is 8.10. The Morgan fingerprint density at radius 1 is 1.17 bits per heavy atom. The summed E-state index contributed by atoms with van der Waals surface area (Å²) in [6, 6.07) is 7.17. The SMILES string of the molecule is CC(C)(OC(=O)CCC(=O)c1ccc(Br)cc1)C1CCNCC1. The van der Waals surface area contributed by atoms with Gasteiger partial charge in [-0.25, -0.2) is 0 Å². The molecule has 0 amide bonds. The standard InChI is InChI=1S/C18H24BrNO3/c1-18(2,14-9-11-20-12-10-14)23-17(22)8-7-16(21)13-3-5-15(19)6-4-13/h3-6,14,20H,7-12H2,1-2H3. The summed E-state index contributed by atoms with van der Waals surface area (Å²) in [6.07, 6.45) is 2.34. The van der Waals surface area contributed by atoms with E-state index < -0.39 is 5.60 Å². The summed E-state index contributed by atoms with van der Waals surface area (Å²) in [4.78, 5) is 24.2. The number of nitrogens with one attached hydrogen (secondary N) is 1. The first kappa shape index (κ1) is 18.1. The van der Waals surface area contributed by atoms with E-state index in [0.717, 1.165) is 30.4 Å². The molecule has 0 aromatic heterocycles. The summed E-state index contributed by atoms with van der Waals surface area (Å²) in [7, 11) is 0. The predicted molar refractivity (Wildman–Crippen MR) is 93.5 cm³/mol. The summed E-state index contributed by atoms with van der Waals surface area (Å²) >= 11 is 3.34. The first-order chi connectivity index (χ1) is 10.9. The van der Waals surface area contributed by atoms with Crippen molar-refractivity contribution in [1.82, 2.24) is 5.32 Å². The number of piperidine rings is 1. The average molecular weight is 382 g/mol. The van der Waals surface area contributed by atoms with Gasteiger partial charge >= 0.3 is 5.97 Å². The Hall–Kier alpha value is -1.20. The van der Waals surface area contributed by atoms with Crippen LogP contribution < -0.4 is 5.32 Å². The Bertz CT molecular complexity index is 548. The lowest BCUT2D eigenvalue weighted by atomic mass is 9.83. The van der Waals surface area contributed by atoms with Gasteiger partial charge in [0.15, 0.2) is 5.78 Å². The Kier molecular flexibility index (Phi) is 6.36. The van der Waals surface area contributed by atoms with Crippen LogP contribution in [0.4, 0.5) is 0 Å². The number of Topliss-reactive ketones (excluding diaryl/α,β-unsaturated/α-hetero) is 1. The second kappa shape index (κ2) is 8.06. The molecule has 1 saturated heterocycles. The molecule has 5 heteroatoms. The zero-order chi connectivity index (χ0) is 16.9. The molecule has 4 nitrogen and oxygen atoms in total. The van der Waals surface area contributed by atoms with Gasteiger partial charge in [0.1, 0.15) is 5.60 Å². The fourth-order valence-electron chi connectivity index (χ4n) is 2.94. The number of ether oxygens (including phenoxy) is 1. The predicted octanol–water partition coefficient (Wildman–Crippen LogP) is 3.73. The molecule has 1 aromatic rings. The number of rotatable bonds is 6. The molecule has 1 heterocycles. The van der Waals surface area contributed by atoms with Crippen molar-refractivity contribution >= 4 is 27.7 Å². The van der Waals surface area contributed by atoms with Crippen LogP contribution in [0, 0.1) is 5.92 Å². The lowest BCUT2D eigenvalue weighted by Crippen LogP contribution is -2.42. The number of esters is 1. The highest BCUT2D eigenvalue weighted by molar-refractivity contribution is 9.10. The van der Waals surface area contributed by atoms with E-state index in [2.05, 4.69) is 21.2 Å². The molecule has 0 unspecified atom stereocenters. The third kappa shape index (κ3) is 5.43. The zero-order valence-corrected chi connectivity index (χ0v) is 15.3. The van der Waals surface area contributed by atoms with Gasteiger partial charge < -0.3 is 10.1 Å². The van der Waals surface area contributed by atoms with Gasteiger partial charge in [0.25, 0.3) is 0 Å². The van der Waals surface area contributed by atoms with Gasteiger partial charge in [-0.3, -0.25) is 9.59 Å². The number of benzene rings is 1. The Morgan fingerprint density at radius 2 is 1.78 bits per heavy atom. The highest BCUT2D eigenvalue weighted by Crippen LogP contribution is 2.29. The molecule has 23 heavy (non-hydrogen) atoms. The second-order valence-electron chi connectivity index (χ2n) is 6.53. The van der Waals surface area contributed by atoms with E-state index in [4.69, 9.17) is 4.74 Å². The second-order valence-corrected chi connectivity index (χ2v) is 7.45. The van der Waals surface area contributed by atoms with Gasteiger partial charge in [-0.05, 0) is 51.9 Å². The van der Waals surface area contributed by atoms with Gasteiger partial charge in [0.2, 0.25) is 0 Å². The number of carbonyl (C=O) groups is 2. The summed E-state index contributed by atoms with van der Waals surface area (Å²) in [6.45, 7) is 5.87. The first-order valence-corrected chi connectivity index (χ1v) is 8.89. The third-order valence-corrected chi connectivity index (χ3v) is 4.95. The van der Waals surface area contributed by atoms with Crippen LogP contribution in [-0.4, -0.2) is 30.4 Å². The van der Waals surface area contributed by atoms with E-state index >= 15 is 0 Å². The minimum absolute atomic E-state index is 0.0332. The Morgan fingerprint density at radius 3 is 2.39 bits per heavy atom. The summed E-state index contributed by atoms with van der Waals surface area (Å²) in [5.74, 6) is 0.0444. The van der Waals surface area contributed by atoms with Crippen LogP contribution in [0.15, 0.2) is 28.7 Å². The largest absolute Gasteiger partial charge is 0.459 e. The van der Waals surface area contributed by atoms with Crippen LogP contribution in [0.5, 0.6) is 0 Å². The van der Waals surface area contributed by atoms with E-state index in [1.54, 1.807) is 12.1 Å². The van der Waals surface area contributed by atoms with Gasteiger partial charge in [-0.1, -0.05) is 28.1 Å². The zero-order valence-electron chi connectivity index (χ0n) is 13.7. The molecule has 126 valence electrons. The lowest BCUT2D eigenvalue weighted by Gasteiger charge is -2.36. The maximum absolute atomic E-state index is 12.1. The molecule has 1 aliphatic heterocycles.